The number of aromatic nitrogens is 1. The van der Waals surface area contributed by atoms with Crippen molar-refractivity contribution in [1.29, 1.82) is 0 Å². The summed E-state index contributed by atoms with van der Waals surface area (Å²) in [6.07, 6.45) is 2.59. The Morgan fingerprint density at radius 1 is 1.71 bits per heavy atom. The minimum Gasteiger partial charge on any atom is -0.308 e. The zero-order chi connectivity index (χ0) is 10.2. The maximum absolute atomic E-state index is 4.24. The van der Waals surface area contributed by atoms with Crippen LogP contribution in [-0.2, 0) is 6.54 Å². The first-order valence-electron chi connectivity index (χ1n) is 4.93. The number of thiazole rings is 1. The largest absolute Gasteiger partial charge is 0.308 e. The first kappa shape index (κ1) is 10.6. The lowest BCUT2D eigenvalue weighted by Crippen LogP contribution is -2.34. The van der Waals surface area contributed by atoms with E-state index in [1.165, 1.54) is 17.7 Å². The zero-order valence-corrected chi connectivity index (χ0v) is 10.9. The molecule has 0 spiro atoms. The van der Waals surface area contributed by atoms with Crippen LogP contribution in [0.2, 0.25) is 0 Å². The van der Waals surface area contributed by atoms with E-state index in [0.717, 1.165) is 12.2 Å². The van der Waals surface area contributed by atoms with E-state index in [9.17, 15) is 0 Å². The van der Waals surface area contributed by atoms with Gasteiger partial charge in [-0.25, -0.2) is 4.98 Å². The second kappa shape index (κ2) is 3.91. The van der Waals surface area contributed by atoms with Gasteiger partial charge >= 0.3 is 0 Å². The van der Waals surface area contributed by atoms with Crippen molar-refractivity contribution in [3.05, 3.63) is 16.1 Å². The Hall–Kier alpha value is 0.0700. The molecule has 78 valence electrons. The van der Waals surface area contributed by atoms with Crippen molar-refractivity contribution in [3.63, 3.8) is 0 Å². The molecule has 1 saturated carbocycles. The van der Waals surface area contributed by atoms with Gasteiger partial charge in [0.25, 0.3) is 0 Å². The van der Waals surface area contributed by atoms with Gasteiger partial charge in [-0.2, -0.15) is 0 Å². The highest BCUT2D eigenvalue weighted by Gasteiger charge is 2.44. The van der Waals surface area contributed by atoms with Gasteiger partial charge in [-0.3, -0.25) is 0 Å². The van der Waals surface area contributed by atoms with Gasteiger partial charge in [-0.15, -0.1) is 11.3 Å². The van der Waals surface area contributed by atoms with Crippen LogP contribution in [0.5, 0.6) is 0 Å². The molecule has 1 fully saturated rings. The van der Waals surface area contributed by atoms with Crippen LogP contribution in [0.3, 0.4) is 0 Å². The summed E-state index contributed by atoms with van der Waals surface area (Å²) in [7, 11) is 0. The maximum Gasteiger partial charge on any atom is 0.0798 e. The third kappa shape index (κ3) is 2.18. The van der Waals surface area contributed by atoms with Gasteiger partial charge in [0.05, 0.1) is 11.2 Å². The maximum atomic E-state index is 4.24. The Morgan fingerprint density at radius 2 is 2.43 bits per heavy atom. The fraction of sp³-hybridized carbons (Fsp3) is 0.700. The van der Waals surface area contributed by atoms with Crippen molar-refractivity contribution in [2.75, 3.05) is 0 Å². The van der Waals surface area contributed by atoms with E-state index < -0.39 is 0 Å². The number of aryl methyl sites for hydroxylation is 1. The molecule has 1 aromatic heterocycles. The quantitative estimate of drug-likeness (QED) is 0.855. The van der Waals surface area contributed by atoms with Crippen LogP contribution >= 0.6 is 27.3 Å². The van der Waals surface area contributed by atoms with Crippen molar-refractivity contribution >= 4 is 27.3 Å². The fourth-order valence-electron chi connectivity index (χ4n) is 1.48. The van der Waals surface area contributed by atoms with Crippen LogP contribution in [0.15, 0.2) is 5.51 Å². The molecule has 0 unspecified atom stereocenters. The van der Waals surface area contributed by atoms with Crippen LogP contribution in [0, 0.1) is 6.92 Å². The molecule has 0 amide bonds. The van der Waals surface area contributed by atoms with E-state index >= 15 is 0 Å². The van der Waals surface area contributed by atoms with Crippen molar-refractivity contribution in [3.8, 4) is 0 Å². The Labute approximate surface area is 97.3 Å². The fourth-order valence-corrected chi connectivity index (χ4v) is 2.57. The SMILES string of the molecule is Cc1ncsc1CN[C@@H](C)C1(Br)CC1. The van der Waals surface area contributed by atoms with Gasteiger partial charge in [0.15, 0.2) is 0 Å². The van der Waals surface area contributed by atoms with Gasteiger partial charge < -0.3 is 5.32 Å². The molecule has 1 aliphatic carbocycles. The Bertz CT molecular complexity index is 320. The van der Waals surface area contributed by atoms with Gasteiger partial charge in [-0.05, 0) is 26.7 Å². The van der Waals surface area contributed by atoms with E-state index in [0.29, 0.717) is 10.4 Å². The second-order valence-electron chi connectivity index (χ2n) is 4.00. The number of alkyl halides is 1. The van der Waals surface area contributed by atoms with E-state index in [-0.39, 0.29) is 0 Å². The van der Waals surface area contributed by atoms with Crippen LogP contribution in [0.1, 0.15) is 30.3 Å². The normalized spacial score (nSPS) is 20.8. The van der Waals surface area contributed by atoms with Crippen LogP contribution in [0.4, 0.5) is 0 Å². The highest BCUT2D eigenvalue weighted by atomic mass is 79.9. The standard InChI is InChI=1S/C10H15BrN2S/c1-7-9(14-6-13-7)5-12-8(2)10(11)3-4-10/h6,8,12H,3-5H2,1-2H3/t8-/m0/s1. The number of nitrogens with one attached hydrogen (secondary N) is 1. The summed E-state index contributed by atoms with van der Waals surface area (Å²) in [4.78, 5) is 5.59. The van der Waals surface area contributed by atoms with Gasteiger partial charge in [0, 0.05) is 21.8 Å². The average molecular weight is 275 g/mol. The molecule has 2 rings (SSSR count). The number of nitrogens with zero attached hydrogens (tertiary/aromatic N) is 1. The molecular weight excluding hydrogens is 260 g/mol. The third-order valence-corrected chi connectivity index (χ3v) is 5.33. The lowest BCUT2D eigenvalue weighted by atomic mass is 10.2. The second-order valence-corrected chi connectivity index (χ2v) is 6.52. The molecule has 1 atom stereocenters. The number of rotatable bonds is 4. The monoisotopic (exact) mass is 274 g/mol. The minimum absolute atomic E-state index is 0.381. The van der Waals surface area contributed by atoms with Gasteiger partial charge in [0.2, 0.25) is 0 Å². The number of hydrogen-bond acceptors (Lipinski definition) is 3. The summed E-state index contributed by atoms with van der Waals surface area (Å²) in [5.41, 5.74) is 3.08. The van der Waals surface area contributed by atoms with Crippen LogP contribution in [0.25, 0.3) is 0 Å². The summed E-state index contributed by atoms with van der Waals surface area (Å²) >= 11 is 5.50. The predicted octanol–water partition coefficient (Wildman–Crippen LogP) is 2.86. The van der Waals surface area contributed by atoms with Gasteiger partial charge in [0.1, 0.15) is 0 Å². The molecule has 4 heteroatoms. The van der Waals surface area contributed by atoms with E-state index in [4.69, 9.17) is 0 Å². The predicted molar refractivity (Wildman–Crippen MR) is 64.0 cm³/mol. The average Bonchev–Trinajstić information content (AvgIpc) is 2.77. The molecular formula is C10H15BrN2S. The molecule has 0 saturated heterocycles. The molecule has 0 radical (unpaired) electrons. The number of hydrogen-bond donors (Lipinski definition) is 1. The Kier molecular flexibility index (Phi) is 2.96. The van der Waals surface area contributed by atoms with Crippen LogP contribution in [-0.4, -0.2) is 15.4 Å². The first-order chi connectivity index (χ1) is 6.62. The summed E-state index contributed by atoms with van der Waals surface area (Å²) in [5, 5.41) is 3.55. The summed E-state index contributed by atoms with van der Waals surface area (Å²) in [5.74, 6) is 0. The minimum atomic E-state index is 0.381. The van der Waals surface area contributed by atoms with E-state index in [1.807, 2.05) is 5.51 Å². The molecule has 0 aromatic carbocycles. The van der Waals surface area contributed by atoms with Crippen molar-refractivity contribution < 1.29 is 0 Å². The highest BCUT2D eigenvalue weighted by molar-refractivity contribution is 9.10. The Morgan fingerprint density at radius 3 is 2.93 bits per heavy atom. The summed E-state index contributed by atoms with van der Waals surface area (Å²) < 4.78 is 0.381. The molecule has 0 bridgehead atoms. The molecule has 1 heterocycles. The molecule has 1 N–H and O–H groups in total. The van der Waals surface area contributed by atoms with Crippen LogP contribution < -0.4 is 5.32 Å². The molecule has 1 aliphatic rings. The Balaban J connectivity index is 1.85. The van der Waals surface area contributed by atoms with Crippen molar-refractivity contribution in [2.24, 2.45) is 0 Å². The molecule has 2 nitrogen and oxygen atoms in total. The topological polar surface area (TPSA) is 24.9 Å². The van der Waals surface area contributed by atoms with E-state index in [2.05, 4.69) is 40.1 Å². The number of halogens is 1. The lowest BCUT2D eigenvalue weighted by molar-refractivity contribution is 0.528. The summed E-state index contributed by atoms with van der Waals surface area (Å²) in [6.45, 7) is 5.27. The van der Waals surface area contributed by atoms with Crippen molar-refractivity contribution in [2.45, 2.75) is 43.6 Å². The third-order valence-electron chi connectivity index (χ3n) is 2.92. The lowest BCUT2D eigenvalue weighted by Gasteiger charge is -2.18. The zero-order valence-electron chi connectivity index (χ0n) is 8.51. The summed E-state index contributed by atoms with van der Waals surface area (Å²) in [6, 6.07) is 0.545. The first-order valence-corrected chi connectivity index (χ1v) is 6.60. The van der Waals surface area contributed by atoms with Gasteiger partial charge in [-0.1, -0.05) is 15.9 Å². The highest BCUT2D eigenvalue weighted by Crippen LogP contribution is 2.47. The van der Waals surface area contributed by atoms with Crippen molar-refractivity contribution in [1.82, 2.24) is 10.3 Å². The smallest absolute Gasteiger partial charge is 0.0798 e. The van der Waals surface area contributed by atoms with E-state index in [1.54, 1.807) is 11.3 Å². The molecule has 1 aromatic rings. The molecule has 14 heavy (non-hydrogen) atoms. The molecule has 0 aliphatic heterocycles.